The van der Waals surface area contributed by atoms with Gasteiger partial charge < -0.3 is 60.7 Å². The van der Waals surface area contributed by atoms with Crippen molar-refractivity contribution in [3.63, 3.8) is 0 Å². The molecular weight excluding hydrogens is 1760 g/mol. The highest BCUT2D eigenvalue weighted by Crippen LogP contribution is 2.51. The number of hydrogen-bond acceptors (Lipinski definition) is 18. The van der Waals surface area contributed by atoms with Crippen LogP contribution in [0, 0.1) is 73.1 Å². The Morgan fingerprint density at radius 3 is 0.837 bits per heavy atom. The summed E-state index contributed by atoms with van der Waals surface area (Å²) in [6.07, 6.45) is 8.08. The van der Waals surface area contributed by atoms with Gasteiger partial charge in [-0.25, -0.2) is 39.5 Å². The predicted molar refractivity (Wildman–Crippen MR) is 493 cm³/mol. The second kappa shape index (κ2) is 35.3. The molecule has 18 rings (SSSR count). The normalized spacial score (nSPS) is 17.7. The molecular formula is C99H90F9N15O12. The van der Waals surface area contributed by atoms with Crippen LogP contribution in [-0.2, 0) is 28.8 Å². The van der Waals surface area contributed by atoms with Crippen LogP contribution in [0.5, 0.6) is 17.2 Å². The lowest BCUT2D eigenvalue weighted by Crippen LogP contribution is -2.64. The van der Waals surface area contributed by atoms with E-state index in [1.807, 2.05) is 41.5 Å². The molecule has 696 valence electrons. The third-order valence-electron chi connectivity index (χ3n) is 25.6. The molecule has 27 nitrogen and oxygen atoms in total. The minimum atomic E-state index is -1.29. The molecule has 6 amide bonds. The summed E-state index contributed by atoms with van der Waals surface area (Å²) in [5.41, 5.74) is -5.02. The molecule has 6 N–H and O–H groups in total. The van der Waals surface area contributed by atoms with E-state index in [4.69, 9.17) is 0 Å². The number of fused-ring (bicyclic) bond motifs is 15. The summed E-state index contributed by atoms with van der Waals surface area (Å²) >= 11 is 0. The Morgan fingerprint density at radius 1 is 0.370 bits per heavy atom. The fourth-order valence-electron chi connectivity index (χ4n) is 19.3. The topological polar surface area (TPSA) is 323 Å². The number of amides is 6. The van der Waals surface area contributed by atoms with Crippen LogP contribution in [0.1, 0.15) is 114 Å². The van der Waals surface area contributed by atoms with Crippen LogP contribution in [0.15, 0.2) is 162 Å². The maximum atomic E-state index is 17.1. The highest BCUT2D eigenvalue weighted by molar-refractivity contribution is 6.15. The smallest absolute Gasteiger partial charge is 0.281 e. The lowest BCUT2D eigenvalue weighted by Gasteiger charge is -2.48. The number of phenols is 3. The molecule has 12 heterocycles. The SMILES string of the molecule is C=CC(=O)N1C[C@@H]2C(=O)Nc3c(c4cc(F)c(-c5c(O)cccc5F)c(F)c4n(-c4c(C)ccnc4C(C)C)c3=O)N2C[C@H]1C.C=CC(=O)N1C[C@@H]2C(=O)Nc3c(c4cc(F)c(-c5c(O)cccc5F)c(F)c4n(-c4c(C)ccnc4C(C)C)c3=O)N2C[C@H]1C.C=CC(=O)N1C[C@@H]2C(=O)Nc3c(c4cc(F)c(-c5c(O)cccc5F)c(F)c4n(-c4c(C)ccnc4C(C)C)c3=O)N2C[C@H]1C. The Balaban J connectivity index is 0.000000147. The molecule has 6 aromatic heterocycles. The molecule has 0 bridgehead atoms. The molecule has 6 aliphatic rings. The highest BCUT2D eigenvalue weighted by atomic mass is 19.2. The molecule has 3 saturated heterocycles. The van der Waals surface area contributed by atoms with E-state index in [0.29, 0.717) is 33.8 Å². The third kappa shape index (κ3) is 15.1. The summed E-state index contributed by atoms with van der Waals surface area (Å²) < 4.78 is 148. The van der Waals surface area contributed by atoms with Crippen LogP contribution in [0.2, 0.25) is 0 Å². The van der Waals surface area contributed by atoms with Crippen molar-refractivity contribution < 1.29 is 83.6 Å². The summed E-state index contributed by atoms with van der Waals surface area (Å²) in [7, 11) is 0. The van der Waals surface area contributed by atoms with E-state index in [-0.39, 0.29) is 159 Å². The number of aromatic nitrogens is 6. The zero-order chi connectivity index (χ0) is 97.4. The average Bonchev–Trinajstić information content (AvgIpc) is 0.711. The Labute approximate surface area is 765 Å². The molecule has 0 spiro atoms. The van der Waals surface area contributed by atoms with Crippen molar-refractivity contribution in [1.82, 2.24) is 43.4 Å². The number of hydrogen-bond donors (Lipinski definition) is 6. The van der Waals surface area contributed by atoms with Crippen LogP contribution >= 0.6 is 0 Å². The summed E-state index contributed by atoms with van der Waals surface area (Å²) in [5, 5.41) is 39.3. The average molecular weight is 1850 g/mol. The van der Waals surface area contributed by atoms with Crippen LogP contribution < -0.4 is 47.3 Å². The molecule has 6 aromatic carbocycles. The minimum Gasteiger partial charge on any atom is -0.507 e. The van der Waals surface area contributed by atoms with E-state index in [9.17, 15) is 58.5 Å². The first kappa shape index (κ1) is 92.9. The van der Waals surface area contributed by atoms with Crippen LogP contribution in [0.3, 0.4) is 0 Å². The van der Waals surface area contributed by atoms with Crippen molar-refractivity contribution in [3.8, 4) is 67.7 Å². The Kier molecular flexibility index (Phi) is 24.3. The van der Waals surface area contributed by atoms with Gasteiger partial charge in [-0.3, -0.25) is 71.8 Å². The number of aromatic hydroxyl groups is 3. The van der Waals surface area contributed by atoms with E-state index in [1.165, 1.54) is 32.9 Å². The summed E-state index contributed by atoms with van der Waals surface area (Å²) in [6.45, 7) is 32.0. The number of benzene rings is 6. The van der Waals surface area contributed by atoms with Crippen molar-refractivity contribution in [2.24, 2.45) is 0 Å². The Morgan fingerprint density at radius 2 is 0.615 bits per heavy atom. The number of nitrogens with zero attached hydrogens (tertiary/aromatic N) is 12. The molecule has 6 atom stereocenters. The summed E-state index contributed by atoms with van der Waals surface area (Å²) in [4.78, 5) is 144. The number of carbonyl (C=O) groups excluding carboxylic acids is 6. The monoisotopic (exact) mass is 1850 g/mol. The zero-order valence-electron chi connectivity index (χ0n) is 75.0. The number of pyridine rings is 6. The number of anilines is 6. The third-order valence-corrected chi connectivity index (χ3v) is 25.6. The number of carbonyl (C=O) groups is 6. The number of phenolic OH excluding ortho intramolecular Hbond substituents is 3. The number of piperazine rings is 3. The van der Waals surface area contributed by atoms with Gasteiger partial charge in [-0.2, -0.15) is 0 Å². The van der Waals surface area contributed by atoms with Gasteiger partial charge in [-0.1, -0.05) is 79.5 Å². The summed E-state index contributed by atoms with van der Waals surface area (Å²) in [6, 6.07) is 13.3. The van der Waals surface area contributed by atoms with Gasteiger partial charge in [0.2, 0.25) is 35.4 Å². The van der Waals surface area contributed by atoms with Gasteiger partial charge in [0.1, 0.15) is 87.3 Å². The maximum absolute atomic E-state index is 17.1. The number of rotatable bonds is 12. The Hall–Kier alpha value is -15.4. The number of nitrogens with one attached hydrogen (secondary N) is 3. The zero-order valence-corrected chi connectivity index (χ0v) is 75.0. The molecule has 6 aliphatic heterocycles. The summed E-state index contributed by atoms with van der Waals surface area (Å²) in [5.74, 6) is -16.3. The van der Waals surface area contributed by atoms with Gasteiger partial charge in [0, 0.05) is 72.5 Å². The molecule has 0 radical (unpaired) electrons. The first-order chi connectivity index (χ1) is 64.1. The molecule has 0 unspecified atom stereocenters. The Bertz CT molecular complexity index is 6640. The van der Waals surface area contributed by atoms with Gasteiger partial charge in [-0.15, -0.1) is 0 Å². The van der Waals surface area contributed by atoms with Gasteiger partial charge in [0.15, 0.2) is 17.5 Å². The van der Waals surface area contributed by atoms with Crippen molar-refractivity contribution >= 4 is 102 Å². The molecule has 0 saturated carbocycles. The lowest BCUT2D eigenvalue weighted by atomic mass is 9.95. The first-order valence-electron chi connectivity index (χ1n) is 43.3. The van der Waals surface area contributed by atoms with E-state index in [2.05, 4.69) is 50.6 Å². The molecule has 0 aliphatic carbocycles. The predicted octanol–water partition coefficient (Wildman–Crippen LogP) is 15.5. The largest absolute Gasteiger partial charge is 0.507 e. The maximum Gasteiger partial charge on any atom is 0.281 e. The molecule has 135 heavy (non-hydrogen) atoms. The van der Waals surface area contributed by atoms with E-state index < -0.39 is 174 Å². The van der Waals surface area contributed by atoms with Crippen LogP contribution in [0.4, 0.5) is 73.6 Å². The van der Waals surface area contributed by atoms with Gasteiger partial charge in [0.05, 0.1) is 121 Å². The fourth-order valence-corrected chi connectivity index (χ4v) is 19.3. The van der Waals surface area contributed by atoms with E-state index >= 15 is 39.5 Å². The van der Waals surface area contributed by atoms with Gasteiger partial charge in [0.25, 0.3) is 16.7 Å². The number of aryl methyl sites for hydroxylation is 3. The first-order valence-corrected chi connectivity index (χ1v) is 43.3. The fraction of sp³-hybridized carbons (Fsp3) is 0.273. The second-order valence-electron chi connectivity index (χ2n) is 35.0. The number of halogens is 9. The molecule has 36 heteroatoms. The van der Waals surface area contributed by atoms with Crippen molar-refractivity contribution in [3.05, 3.63) is 265 Å². The van der Waals surface area contributed by atoms with Crippen molar-refractivity contribution in [1.29, 1.82) is 0 Å². The van der Waals surface area contributed by atoms with Crippen LogP contribution in [-0.4, -0.2) is 170 Å². The van der Waals surface area contributed by atoms with Gasteiger partial charge in [-0.05, 0) is 167 Å². The quantitative estimate of drug-likeness (QED) is 0.0489. The standard InChI is InChI=1S/3C33H30F3N5O4/c3*1-6-23(43)39-14-21-32(44)38-28-31(40(21)13-17(39)5)18-12-20(35)25(24-19(34)8-7-9-22(24)42)26(36)30(18)41(33(28)45)29-16(4)10-11-37-27(29)15(2)3/h3*6-12,15,17,21,42H,1,13-14H2,2-5H3,(H,38,44)/t3*17-,21-/m111/s1. The lowest BCUT2D eigenvalue weighted by molar-refractivity contribution is -0.131. The molecule has 12 aromatic rings. The minimum absolute atomic E-state index is 0.0610. The molecule has 3 fully saturated rings. The van der Waals surface area contributed by atoms with Gasteiger partial charge >= 0.3 is 0 Å². The van der Waals surface area contributed by atoms with E-state index in [0.717, 1.165) is 86.5 Å². The van der Waals surface area contributed by atoms with Crippen LogP contribution in [0.25, 0.3) is 83.2 Å². The van der Waals surface area contributed by atoms with Crippen molar-refractivity contribution in [2.75, 3.05) is 69.9 Å². The van der Waals surface area contributed by atoms with E-state index in [1.54, 1.807) is 93.0 Å². The van der Waals surface area contributed by atoms with Crippen molar-refractivity contribution in [2.45, 2.75) is 137 Å². The highest BCUT2D eigenvalue weighted by Gasteiger charge is 2.49. The second-order valence-corrected chi connectivity index (χ2v) is 35.0.